The monoisotopic (exact) mass is 458 g/mol. The van der Waals surface area contributed by atoms with Gasteiger partial charge in [0.1, 0.15) is 18.0 Å². The average molecular weight is 459 g/mol. The maximum atomic E-state index is 13.2. The number of anilines is 1. The third kappa shape index (κ3) is 4.01. The summed E-state index contributed by atoms with van der Waals surface area (Å²) < 4.78 is 41.5. The molecule has 4 rings (SSSR count). The number of benzene rings is 1. The normalized spacial score (nSPS) is 11.6. The van der Waals surface area contributed by atoms with E-state index >= 15 is 0 Å². The molecule has 7 nitrogen and oxygen atoms in total. The molecule has 31 heavy (non-hydrogen) atoms. The van der Waals surface area contributed by atoms with E-state index < -0.39 is 22.5 Å². The topological polar surface area (TPSA) is 105 Å². The Balaban J connectivity index is 1.77. The van der Waals surface area contributed by atoms with Gasteiger partial charge >= 0.3 is 0 Å². The van der Waals surface area contributed by atoms with Crippen molar-refractivity contribution >= 4 is 44.1 Å². The van der Waals surface area contributed by atoms with Gasteiger partial charge in [0.05, 0.1) is 15.6 Å². The molecule has 0 aliphatic carbocycles. The number of fused-ring (bicyclic) bond motifs is 1. The first-order valence-electron chi connectivity index (χ1n) is 9.11. The van der Waals surface area contributed by atoms with Crippen LogP contribution in [0, 0.1) is 6.92 Å². The number of carbonyl (C=O) groups excluding carboxylic acids is 1. The summed E-state index contributed by atoms with van der Waals surface area (Å²) in [5, 5.41) is 0.716. The summed E-state index contributed by atoms with van der Waals surface area (Å²) in [5.74, 6) is -0.505. The minimum absolute atomic E-state index is 0.0830. The largest absolute Gasteiger partial charge is 0.346 e. The van der Waals surface area contributed by atoms with Crippen LogP contribution in [0.4, 0.5) is 10.1 Å². The number of nitrogens with one attached hydrogen (secondary N) is 2. The van der Waals surface area contributed by atoms with Gasteiger partial charge in [0.15, 0.2) is 0 Å². The van der Waals surface area contributed by atoms with E-state index in [1.54, 1.807) is 19.2 Å². The van der Waals surface area contributed by atoms with Crippen molar-refractivity contribution in [3.8, 4) is 0 Å². The van der Waals surface area contributed by atoms with Gasteiger partial charge in [-0.1, -0.05) is 17.7 Å². The number of rotatable bonds is 6. The number of nitrogens with zero attached hydrogens (tertiary/aromatic N) is 2. The highest BCUT2D eigenvalue weighted by molar-refractivity contribution is 7.92. The van der Waals surface area contributed by atoms with Gasteiger partial charge in [0.2, 0.25) is 5.78 Å². The van der Waals surface area contributed by atoms with Crippen LogP contribution in [-0.4, -0.2) is 29.2 Å². The zero-order chi connectivity index (χ0) is 22.2. The smallest absolute Gasteiger partial charge is 0.261 e. The highest BCUT2D eigenvalue weighted by Crippen LogP contribution is 2.27. The molecule has 2 N–H and O–H groups in total. The molecule has 3 aromatic heterocycles. The molecule has 1 aromatic carbocycles. The highest BCUT2D eigenvalue weighted by atomic mass is 35.5. The number of aromatic nitrogens is 3. The maximum Gasteiger partial charge on any atom is 0.261 e. The lowest BCUT2D eigenvalue weighted by Crippen LogP contribution is -2.17. The Bertz CT molecular complexity index is 1420. The number of halogens is 2. The average Bonchev–Trinajstić information content (AvgIpc) is 3.22. The number of aromatic amines is 1. The number of hydrogen-bond donors (Lipinski definition) is 2. The number of alkyl halides is 1. The fourth-order valence-electron chi connectivity index (χ4n) is 3.15. The minimum atomic E-state index is -4.14. The molecule has 0 aliphatic heterocycles. The highest BCUT2D eigenvalue weighted by Gasteiger charge is 2.23. The summed E-state index contributed by atoms with van der Waals surface area (Å²) in [4.78, 5) is 24.2. The molecular formula is C21H16ClFN4O3S. The van der Waals surface area contributed by atoms with Crippen molar-refractivity contribution in [2.75, 3.05) is 4.72 Å². The van der Waals surface area contributed by atoms with Crippen LogP contribution in [0.15, 0.2) is 59.9 Å². The van der Waals surface area contributed by atoms with Crippen molar-refractivity contribution in [3.05, 3.63) is 82.4 Å². The molecule has 4 aromatic rings. The van der Waals surface area contributed by atoms with E-state index in [1.165, 1.54) is 42.7 Å². The van der Waals surface area contributed by atoms with Gasteiger partial charge in [-0.2, -0.15) is 0 Å². The number of carbonyl (C=O) groups is 1. The molecular weight excluding hydrogens is 443 g/mol. The van der Waals surface area contributed by atoms with Crippen molar-refractivity contribution in [3.63, 3.8) is 0 Å². The summed E-state index contributed by atoms with van der Waals surface area (Å²) in [6.07, 6.45) is 4.37. The second kappa shape index (κ2) is 8.09. The minimum Gasteiger partial charge on any atom is -0.346 e. The number of aryl methyl sites for hydroxylation is 1. The third-order valence-corrected chi connectivity index (χ3v) is 6.36. The van der Waals surface area contributed by atoms with Crippen LogP contribution in [-0.2, 0) is 16.7 Å². The molecule has 0 unspecified atom stereocenters. The number of H-pyrrole nitrogens is 1. The molecule has 0 aliphatic rings. The lowest BCUT2D eigenvalue weighted by molar-refractivity contribution is 0.103. The molecule has 0 fully saturated rings. The van der Waals surface area contributed by atoms with Gasteiger partial charge in [-0.25, -0.2) is 22.8 Å². The van der Waals surface area contributed by atoms with E-state index in [2.05, 4.69) is 19.7 Å². The zero-order valence-electron chi connectivity index (χ0n) is 16.2. The van der Waals surface area contributed by atoms with Crippen LogP contribution in [0.3, 0.4) is 0 Å². The fourth-order valence-corrected chi connectivity index (χ4v) is 4.41. The van der Waals surface area contributed by atoms with Crippen LogP contribution >= 0.6 is 11.6 Å². The van der Waals surface area contributed by atoms with Gasteiger partial charge in [-0.05, 0) is 48.4 Å². The number of hydrogen-bond acceptors (Lipinski definition) is 5. The molecule has 0 saturated heterocycles. The van der Waals surface area contributed by atoms with Gasteiger partial charge in [0, 0.05) is 29.5 Å². The van der Waals surface area contributed by atoms with E-state index in [4.69, 9.17) is 11.6 Å². The summed E-state index contributed by atoms with van der Waals surface area (Å²) >= 11 is 6.02. The Kier molecular flexibility index (Phi) is 5.47. The first-order chi connectivity index (χ1) is 14.8. The van der Waals surface area contributed by atoms with Crippen molar-refractivity contribution in [1.82, 2.24) is 15.0 Å². The Morgan fingerprint density at radius 2 is 2.00 bits per heavy atom. The Morgan fingerprint density at radius 3 is 2.77 bits per heavy atom. The SMILES string of the molecule is Cc1ccc(S(=O)(=O)Nc2cc(Cl)cnc2C(=O)c2ccnc3[nH]ccc23)cc1CF. The van der Waals surface area contributed by atoms with E-state index in [-0.39, 0.29) is 26.9 Å². The third-order valence-electron chi connectivity index (χ3n) is 4.79. The van der Waals surface area contributed by atoms with E-state index in [0.717, 1.165) is 0 Å². The summed E-state index contributed by atoms with van der Waals surface area (Å²) in [6.45, 7) is 0.888. The number of ketones is 1. The molecule has 10 heteroatoms. The molecule has 0 radical (unpaired) electrons. The molecule has 158 valence electrons. The molecule has 3 heterocycles. The first kappa shape index (κ1) is 21.0. The second-order valence-electron chi connectivity index (χ2n) is 6.80. The molecule has 0 saturated carbocycles. The van der Waals surface area contributed by atoms with Crippen molar-refractivity contribution in [1.29, 1.82) is 0 Å². The summed E-state index contributed by atoms with van der Waals surface area (Å²) in [5.41, 5.74) is 1.50. The second-order valence-corrected chi connectivity index (χ2v) is 8.92. The van der Waals surface area contributed by atoms with E-state index in [0.29, 0.717) is 22.2 Å². The predicted molar refractivity (Wildman–Crippen MR) is 116 cm³/mol. The van der Waals surface area contributed by atoms with E-state index in [9.17, 15) is 17.6 Å². The van der Waals surface area contributed by atoms with Crippen molar-refractivity contribution in [2.45, 2.75) is 18.5 Å². The summed E-state index contributed by atoms with van der Waals surface area (Å²) in [6, 6.07) is 8.66. The summed E-state index contributed by atoms with van der Waals surface area (Å²) in [7, 11) is -4.14. The first-order valence-corrected chi connectivity index (χ1v) is 11.0. The maximum absolute atomic E-state index is 13.2. The van der Waals surface area contributed by atoms with Gasteiger partial charge < -0.3 is 4.98 Å². The Labute approximate surface area is 182 Å². The quantitative estimate of drug-likeness (QED) is 0.416. The van der Waals surface area contributed by atoms with Gasteiger partial charge in [0.25, 0.3) is 10.0 Å². The van der Waals surface area contributed by atoms with Crippen molar-refractivity contribution < 1.29 is 17.6 Å². The molecule has 0 amide bonds. The lowest BCUT2D eigenvalue weighted by atomic mass is 10.0. The zero-order valence-corrected chi connectivity index (χ0v) is 17.8. The standard InChI is InChI=1S/C21H16ClFN4O3S/c1-12-2-3-15(8-13(12)10-23)31(29,30)27-18-9-14(22)11-26-19(18)20(28)16-4-6-24-21-17(16)5-7-25-21/h2-9,11,27H,10H2,1H3,(H,24,25). The van der Waals surface area contributed by atoms with Crippen LogP contribution in [0.5, 0.6) is 0 Å². The molecule has 0 spiro atoms. The van der Waals surface area contributed by atoms with Crippen molar-refractivity contribution in [2.24, 2.45) is 0 Å². The van der Waals surface area contributed by atoms with Crippen LogP contribution < -0.4 is 4.72 Å². The number of pyridine rings is 2. The fraction of sp³-hybridized carbons (Fsp3) is 0.0952. The van der Waals surface area contributed by atoms with Crippen LogP contribution in [0.2, 0.25) is 5.02 Å². The number of sulfonamides is 1. The molecule has 0 bridgehead atoms. The van der Waals surface area contributed by atoms with Gasteiger partial charge in [-0.3, -0.25) is 9.52 Å². The predicted octanol–water partition coefficient (Wildman–Crippen LogP) is 4.42. The van der Waals surface area contributed by atoms with Crippen LogP contribution in [0.1, 0.15) is 27.2 Å². The van der Waals surface area contributed by atoms with E-state index in [1.807, 2.05) is 0 Å². The van der Waals surface area contributed by atoms with Gasteiger partial charge in [-0.15, -0.1) is 0 Å². The Hall–Kier alpha value is -3.30. The molecule has 0 atom stereocenters. The lowest BCUT2D eigenvalue weighted by Gasteiger charge is -2.13. The van der Waals surface area contributed by atoms with Crippen LogP contribution in [0.25, 0.3) is 11.0 Å². The Morgan fingerprint density at radius 1 is 1.19 bits per heavy atom.